The van der Waals surface area contributed by atoms with Crippen LogP contribution in [0.25, 0.3) is 0 Å². The van der Waals surface area contributed by atoms with E-state index in [0.29, 0.717) is 6.04 Å². The van der Waals surface area contributed by atoms with Gasteiger partial charge in [-0.15, -0.1) is 0 Å². The van der Waals surface area contributed by atoms with Crippen LogP contribution in [0.1, 0.15) is 46.0 Å². The Kier molecular flexibility index (Phi) is 4.51. The second kappa shape index (κ2) is 5.43. The van der Waals surface area contributed by atoms with Crippen molar-refractivity contribution in [2.24, 2.45) is 5.92 Å². The third kappa shape index (κ3) is 3.95. The average Bonchev–Trinajstić information content (AvgIpc) is 2.15. The van der Waals surface area contributed by atoms with E-state index in [1.165, 1.54) is 37.7 Å². The van der Waals surface area contributed by atoms with Gasteiger partial charge in [0.1, 0.15) is 0 Å². The van der Waals surface area contributed by atoms with Crippen molar-refractivity contribution in [3.63, 3.8) is 0 Å². The molecular weight excluding hydrogens is 158 g/mol. The van der Waals surface area contributed by atoms with Gasteiger partial charge >= 0.3 is 0 Å². The summed E-state index contributed by atoms with van der Waals surface area (Å²) in [5.41, 5.74) is 1.24. The summed E-state index contributed by atoms with van der Waals surface area (Å²) in [6.45, 7) is 9.30. The number of nitrogens with one attached hydrogen (secondary N) is 1. The monoisotopic (exact) mass is 181 g/mol. The summed E-state index contributed by atoms with van der Waals surface area (Å²) in [4.78, 5) is 0. The highest BCUT2D eigenvalue weighted by Crippen LogP contribution is 2.26. The Hall–Kier alpha value is -0.300. The van der Waals surface area contributed by atoms with Gasteiger partial charge in [0.25, 0.3) is 0 Å². The normalized spacial score (nSPS) is 21.4. The van der Waals surface area contributed by atoms with E-state index in [0.717, 1.165) is 12.5 Å². The zero-order valence-electron chi connectivity index (χ0n) is 9.10. The molecule has 0 radical (unpaired) electrons. The lowest BCUT2D eigenvalue weighted by Crippen LogP contribution is -2.35. The molecule has 0 aliphatic heterocycles. The van der Waals surface area contributed by atoms with Crippen LogP contribution in [0.4, 0.5) is 0 Å². The van der Waals surface area contributed by atoms with E-state index in [4.69, 9.17) is 0 Å². The van der Waals surface area contributed by atoms with Crippen LogP contribution in [0.3, 0.4) is 0 Å². The molecule has 13 heavy (non-hydrogen) atoms. The van der Waals surface area contributed by atoms with Crippen molar-refractivity contribution in [3.8, 4) is 0 Å². The lowest BCUT2D eigenvalue weighted by Gasteiger charge is -2.28. The summed E-state index contributed by atoms with van der Waals surface area (Å²) >= 11 is 0. The summed E-state index contributed by atoms with van der Waals surface area (Å²) in [5, 5.41) is 3.55. The molecule has 1 aliphatic rings. The fourth-order valence-corrected chi connectivity index (χ4v) is 2.14. The highest BCUT2D eigenvalue weighted by Gasteiger charge is 2.18. The van der Waals surface area contributed by atoms with Crippen molar-refractivity contribution < 1.29 is 0 Å². The van der Waals surface area contributed by atoms with Gasteiger partial charge in [0.05, 0.1) is 0 Å². The minimum Gasteiger partial charge on any atom is -0.310 e. The molecule has 76 valence electrons. The van der Waals surface area contributed by atoms with E-state index in [2.05, 4.69) is 25.7 Å². The van der Waals surface area contributed by atoms with Crippen molar-refractivity contribution in [3.05, 3.63) is 12.2 Å². The first-order chi connectivity index (χ1) is 6.20. The fourth-order valence-electron chi connectivity index (χ4n) is 2.14. The van der Waals surface area contributed by atoms with Crippen LogP contribution in [0.5, 0.6) is 0 Å². The molecule has 0 aromatic carbocycles. The second-order valence-electron chi connectivity index (χ2n) is 4.52. The Morgan fingerprint density at radius 2 is 2.00 bits per heavy atom. The van der Waals surface area contributed by atoms with Crippen LogP contribution in [-0.2, 0) is 0 Å². The topological polar surface area (TPSA) is 12.0 Å². The lowest BCUT2D eigenvalue weighted by atomic mass is 9.84. The lowest BCUT2D eigenvalue weighted by molar-refractivity contribution is 0.286. The van der Waals surface area contributed by atoms with E-state index in [9.17, 15) is 0 Å². The van der Waals surface area contributed by atoms with Crippen LogP contribution in [0.15, 0.2) is 12.2 Å². The number of rotatable bonds is 4. The first-order valence-corrected chi connectivity index (χ1v) is 5.58. The quantitative estimate of drug-likeness (QED) is 0.657. The summed E-state index contributed by atoms with van der Waals surface area (Å²) in [7, 11) is 0. The van der Waals surface area contributed by atoms with Gasteiger partial charge in [-0.1, -0.05) is 31.4 Å². The van der Waals surface area contributed by atoms with Gasteiger partial charge in [-0.25, -0.2) is 0 Å². The predicted octanol–water partition coefficient (Wildman–Crippen LogP) is 3.12. The van der Waals surface area contributed by atoms with Crippen LogP contribution >= 0.6 is 0 Å². The maximum absolute atomic E-state index is 3.91. The maximum atomic E-state index is 3.91. The molecule has 0 heterocycles. The minimum atomic E-state index is 0.678. The molecule has 1 saturated carbocycles. The Balaban J connectivity index is 2.20. The van der Waals surface area contributed by atoms with E-state index in [-0.39, 0.29) is 0 Å². The van der Waals surface area contributed by atoms with Gasteiger partial charge in [-0.2, -0.15) is 0 Å². The Bertz CT molecular complexity index is 157. The smallest absolute Gasteiger partial charge is 0.0161 e. The summed E-state index contributed by atoms with van der Waals surface area (Å²) in [6.07, 6.45) is 7.16. The predicted molar refractivity (Wildman–Crippen MR) is 58.9 cm³/mol. The molecule has 1 fully saturated rings. The zero-order valence-corrected chi connectivity index (χ0v) is 9.10. The molecule has 0 aromatic rings. The van der Waals surface area contributed by atoms with Gasteiger partial charge in [-0.05, 0) is 32.6 Å². The second-order valence-corrected chi connectivity index (χ2v) is 4.52. The minimum absolute atomic E-state index is 0.678. The Morgan fingerprint density at radius 3 is 2.54 bits per heavy atom. The molecule has 1 nitrogen and oxygen atoms in total. The number of hydrogen-bond donors (Lipinski definition) is 1. The molecule has 1 atom stereocenters. The van der Waals surface area contributed by atoms with E-state index in [1.807, 2.05) is 0 Å². The van der Waals surface area contributed by atoms with Crippen molar-refractivity contribution in [1.29, 1.82) is 0 Å². The van der Waals surface area contributed by atoms with Gasteiger partial charge < -0.3 is 5.32 Å². The standard InChI is InChI=1S/C12H23N/c1-10(2)9-13-11(3)12-7-5-4-6-8-12/h11-13H,1,4-9H2,2-3H3. The summed E-state index contributed by atoms with van der Waals surface area (Å²) in [6, 6.07) is 0.678. The maximum Gasteiger partial charge on any atom is 0.0161 e. The molecule has 0 aromatic heterocycles. The molecule has 1 rings (SSSR count). The molecule has 0 spiro atoms. The average molecular weight is 181 g/mol. The van der Waals surface area contributed by atoms with E-state index >= 15 is 0 Å². The van der Waals surface area contributed by atoms with Crippen molar-refractivity contribution in [2.45, 2.75) is 52.0 Å². The van der Waals surface area contributed by atoms with E-state index < -0.39 is 0 Å². The molecule has 0 saturated heterocycles. The van der Waals surface area contributed by atoms with Crippen molar-refractivity contribution in [2.75, 3.05) is 6.54 Å². The third-order valence-corrected chi connectivity index (χ3v) is 3.08. The van der Waals surface area contributed by atoms with Crippen LogP contribution in [0, 0.1) is 5.92 Å². The molecule has 1 aliphatic carbocycles. The van der Waals surface area contributed by atoms with Gasteiger partial charge in [0.15, 0.2) is 0 Å². The molecule has 1 unspecified atom stereocenters. The largest absolute Gasteiger partial charge is 0.310 e. The molecule has 1 N–H and O–H groups in total. The fraction of sp³-hybridized carbons (Fsp3) is 0.833. The first-order valence-electron chi connectivity index (χ1n) is 5.58. The summed E-state index contributed by atoms with van der Waals surface area (Å²) in [5.74, 6) is 0.910. The first kappa shape index (κ1) is 10.8. The molecule has 0 amide bonds. The molecule has 1 heteroatoms. The van der Waals surface area contributed by atoms with Crippen LogP contribution in [-0.4, -0.2) is 12.6 Å². The van der Waals surface area contributed by atoms with Crippen molar-refractivity contribution in [1.82, 2.24) is 5.32 Å². The number of hydrogen-bond acceptors (Lipinski definition) is 1. The Labute approximate surface area is 82.6 Å². The van der Waals surface area contributed by atoms with Crippen LogP contribution in [0.2, 0.25) is 0 Å². The zero-order chi connectivity index (χ0) is 9.68. The summed E-state index contributed by atoms with van der Waals surface area (Å²) < 4.78 is 0. The highest BCUT2D eigenvalue weighted by molar-refractivity contribution is 4.92. The molecule has 0 bridgehead atoms. The van der Waals surface area contributed by atoms with E-state index in [1.54, 1.807) is 0 Å². The Morgan fingerprint density at radius 1 is 1.38 bits per heavy atom. The van der Waals surface area contributed by atoms with Gasteiger partial charge in [-0.3, -0.25) is 0 Å². The SMILES string of the molecule is C=C(C)CNC(C)C1CCCCC1. The van der Waals surface area contributed by atoms with Crippen molar-refractivity contribution >= 4 is 0 Å². The van der Waals surface area contributed by atoms with Gasteiger partial charge in [0, 0.05) is 12.6 Å². The third-order valence-electron chi connectivity index (χ3n) is 3.08. The molecular formula is C12H23N. The highest BCUT2D eigenvalue weighted by atomic mass is 14.9. The van der Waals surface area contributed by atoms with Crippen LogP contribution < -0.4 is 5.32 Å². The van der Waals surface area contributed by atoms with Gasteiger partial charge in [0.2, 0.25) is 0 Å².